The largest absolute Gasteiger partial charge is 0.311 e. The van der Waals surface area contributed by atoms with Crippen LogP contribution >= 0.6 is 11.3 Å². The minimum Gasteiger partial charge on any atom is -0.311 e. The highest BCUT2D eigenvalue weighted by Gasteiger charge is 2.46. The molecule has 1 aromatic heterocycles. The first-order chi connectivity index (χ1) is 23.7. The Hall–Kier alpha value is -4.28. The summed E-state index contributed by atoms with van der Waals surface area (Å²) in [7, 11) is 0. The maximum Gasteiger partial charge on any atom is 0.264 e. The van der Waals surface area contributed by atoms with Crippen molar-refractivity contribution in [1.29, 1.82) is 0 Å². The third kappa shape index (κ3) is 4.60. The lowest BCUT2D eigenvalue weighted by Crippen LogP contribution is -2.60. The van der Waals surface area contributed by atoms with Gasteiger partial charge in [-0.3, -0.25) is 0 Å². The fraction of sp³-hybridized carbons (Fsp3) is 0.304. The van der Waals surface area contributed by atoms with Gasteiger partial charge in [0, 0.05) is 43.3 Å². The summed E-state index contributed by atoms with van der Waals surface area (Å²) in [6.45, 7) is 21.3. The zero-order valence-corrected chi connectivity index (χ0v) is 31.8. The fourth-order valence-corrected chi connectivity index (χ4v) is 10.4. The molecule has 2 nitrogen and oxygen atoms in total. The molecule has 0 atom stereocenters. The van der Waals surface area contributed by atoms with Crippen molar-refractivity contribution in [2.45, 2.75) is 91.4 Å². The number of anilines is 6. The topological polar surface area (TPSA) is 6.48 Å². The van der Waals surface area contributed by atoms with Gasteiger partial charge in [0.2, 0.25) is 0 Å². The Bertz CT molecular complexity index is 2370. The highest BCUT2D eigenvalue weighted by molar-refractivity contribution is 7.33. The van der Waals surface area contributed by atoms with Crippen molar-refractivity contribution in [3.63, 3.8) is 0 Å². The average molecular weight is 671 g/mol. The van der Waals surface area contributed by atoms with Crippen LogP contribution in [0.15, 0.2) is 97.1 Å². The van der Waals surface area contributed by atoms with Gasteiger partial charge in [0.1, 0.15) is 0 Å². The highest BCUT2D eigenvalue weighted by atomic mass is 32.1. The van der Waals surface area contributed by atoms with E-state index in [0.29, 0.717) is 0 Å². The molecule has 3 aliphatic rings. The van der Waals surface area contributed by atoms with E-state index in [-0.39, 0.29) is 23.0 Å². The molecule has 0 amide bonds. The van der Waals surface area contributed by atoms with E-state index in [9.17, 15) is 0 Å². The Morgan fingerprint density at radius 1 is 0.640 bits per heavy atom. The molecule has 0 radical (unpaired) electrons. The quantitative estimate of drug-likeness (QED) is 0.169. The summed E-state index contributed by atoms with van der Waals surface area (Å²) in [5.41, 5.74) is 17.8. The molecule has 9 rings (SSSR count). The highest BCUT2D eigenvalue weighted by Crippen LogP contribution is 2.51. The van der Waals surface area contributed by atoms with E-state index in [1.165, 1.54) is 101 Å². The molecule has 5 aromatic carbocycles. The van der Waals surface area contributed by atoms with Gasteiger partial charge in [0.15, 0.2) is 0 Å². The molecule has 6 aromatic rings. The Balaban J connectivity index is 1.39. The lowest BCUT2D eigenvalue weighted by Gasteiger charge is -2.45. The van der Waals surface area contributed by atoms with E-state index >= 15 is 0 Å². The van der Waals surface area contributed by atoms with Crippen molar-refractivity contribution in [2.24, 2.45) is 0 Å². The molecule has 1 aliphatic carbocycles. The van der Waals surface area contributed by atoms with Gasteiger partial charge in [-0.05, 0) is 130 Å². The molecular formula is C46H47BN2S. The smallest absolute Gasteiger partial charge is 0.264 e. The molecule has 0 spiro atoms. The van der Waals surface area contributed by atoms with Gasteiger partial charge < -0.3 is 9.80 Å². The van der Waals surface area contributed by atoms with Crippen molar-refractivity contribution >= 4 is 78.0 Å². The van der Waals surface area contributed by atoms with Gasteiger partial charge in [-0.2, -0.15) is 0 Å². The second-order valence-corrected chi connectivity index (χ2v) is 18.6. The maximum absolute atomic E-state index is 2.64. The number of rotatable bonds is 2. The van der Waals surface area contributed by atoms with E-state index < -0.39 is 0 Å². The van der Waals surface area contributed by atoms with E-state index in [1.807, 2.05) is 11.3 Å². The van der Waals surface area contributed by atoms with Crippen LogP contribution in [0.3, 0.4) is 0 Å². The lowest BCUT2D eigenvalue weighted by atomic mass is 9.36. The predicted molar refractivity (Wildman–Crippen MR) is 219 cm³/mol. The SMILES string of the molecule is Cc1cccc(N2c3cc(C(C)(C)C)ccc3B3c4sc5ccccc5c4N(c4ccc5c(c4)C(C)(C)CCC5(C)C)c4cc(C)cc2c43)c1. The Kier molecular flexibility index (Phi) is 6.73. The van der Waals surface area contributed by atoms with Crippen LogP contribution in [0.25, 0.3) is 10.1 Å². The van der Waals surface area contributed by atoms with Crippen LogP contribution in [0.4, 0.5) is 34.1 Å². The second kappa shape index (κ2) is 10.6. The molecule has 250 valence electrons. The molecule has 0 bridgehead atoms. The maximum atomic E-state index is 2.64. The predicted octanol–water partition coefficient (Wildman–Crippen LogP) is 11.2. The van der Waals surface area contributed by atoms with Gasteiger partial charge >= 0.3 is 0 Å². The summed E-state index contributed by atoms with van der Waals surface area (Å²) in [5.74, 6) is 0. The van der Waals surface area contributed by atoms with E-state index in [0.717, 1.165) is 0 Å². The third-order valence-corrected chi connectivity index (χ3v) is 13.2. The molecule has 0 saturated carbocycles. The molecule has 0 saturated heterocycles. The summed E-state index contributed by atoms with van der Waals surface area (Å²) in [6, 6.07) is 37.8. The molecule has 0 fully saturated rings. The number of nitrogens with zero attached hydrogens (tertiary/aromatic N) is 2. The summed E-state index contributed by atoms with van der Waals surface area (Å²) in [5, 5.41) is 1.34. The van der Waals surface area contributed by atoms with Gasteiger partial charge in [0.25, 0.3) is 6.71 Å². The number of hydrogen-bond acceptors (Lipinski definition) is 3. The molecule has 50 heavy (non-hydrogen) atoms. The summed E-state index contributed by atoms with van der Waals surface area (Å²) in [4.78, 5) is 5.20. The van der Waals surface area contributed by atoms with Crippen molar-refractivity contribution < 1.29 is 0 Å². The zero-order valence-electron chi connectivity index (χ0n) is 31.0. The number of benzene rings is 5. The van der Waals surface area contributed by atoms with Crippen molar-refractivity contribution in [3.05, 3.63) is 125 Å². The first kappa shape index (κ1) is 31.7. The third-order valence-electron chi connectivity index (χ3n) is 11.9. The number of hydrogen-bond donors (Lipinski definition) is 0. The number of aryl methyl sites for hydroxylation is 2. The van der Waals surface area contributed by atoms with E-state index in [4.69, 9.17) is 0 Å². The van der Waals surface area contributed by atoms with Gasteiger partial charge in [-0.15, -0.1) is 11.3 Å². The standard InChI is InChI=1S/C46H47BN2S/c1-28-13-12-14-31(23-28)48-37-26-30(44(3,4)5)17-20-36(37)47-41-38(48)24-29(2)25-39(41)49(42-33-15-10-11-16-40(33)50-43(42)47)32-18-19-34-35(27-32)46(8,9)22-21-45(34,6)7/h10-20,23-27H,21-22H2,1-9H3. The minimum absolute atomic E-state index is 0.0340. The zero-order chi connectivity index (χ0) is 34.9. The van der Waals surface area contributed by atoms with Crippen molar-refractivity contribution in [2.75, 3.05) is 9.80 Å². The first-order valence-electron chi connectivity index (χ1n) is 18.4. The summed E-state index contributed by atoms with van der Waals surface area (Å²) >= 11 is 1.98. The van der Waals surface area contributed by atoms with Crippen LogP contribution in [0.2, 0.25) is 0 Å². The average Bonchev–Trinajstić information content (AvgIpc) is 3.45. The molecule has 2 aliphatic heterocycles. The Morgan fingerprint density at radius 3 is 2.08 bits per heavy atom. The fourth-order valence-electron chi connectivity index (χ4n) is 9.06. The van der Waals surface area contributed by atoms with Gasteiger partial charge in [-0.25, -0.2) is 0 Å². The first-order valence-corrected chi connectivity index (χ1v) is 19.2. The van der Waals surface area contributed by atoms with Crippen LogP contribution in [0.5, 0.6) is 0 Å². The van der Waals surface area contributed by atoms with E-state index in [1.54, 1.807) is 0 Å². The molecule has 0 unspecified atom stereocenters. The normalized spacial score (nSPS) is 16.9. The van der Waals surface area contributed by atoms with Crippen LogP contribution in [0, 0.1) is 13.8 Å². The summed E-state index contributed by atoms with van der Waals surface area (Å²) in [6.07, 6.45) is 2.41. The number of thiophene rings is 1. The molecule has 3 heterocycles. The number of fused-ring (bicyclic) bond motifs is 7. The Labute approximate surface area is 302 Å². The second-order valence-electron chi connectivity index (χ2n) is 17.5. The molecule has 0 N–H and O–H groups in total. The summed E-state index contributed by atoms with van der Waals surface area (Å²) < 4.78 is 2.79. The molecular weight excluding hydrogens is 623 g/mol. The van der Waals surface area contributed by atoms with Gasteiger partial charge in [0.05, 0.1) is 5.69 Å². The van der Waals surface area contributed by atoms with Crippen molar-refractivity contribution in [1.82, 2.24) is 0 Å². The lowest BCUT2D eigenvalue weighted by molar-refractivity contribution is 0.332. The molecule has 4 heteroatoms. The van der Waals surface area contributed by atoms with Crippen LogP contribution < -0.4 is 25.5 Å². The van der Waals surface area contributed by atoms with Crippen LogP contribution in [0.1, 0.15) is 89.1 Å². The van der Waals surface area contributed by atoms with Gasteiger partial charge in [-0.1, -0.05) is 97.0 Å². The minimum atomic E-state index is 0.0340. The van der Waals surface area contributed by atoms with Crippen molar-refractivity contribution in [3.8, 4) is 0 Å². The van der Waals surface area contributed by atoms with E-state index in [2.05, 4.69) is 169 Å². The van der Waals surface area contributed by atoms with Crippen LogP contribution in [-0.4, -0.2) is 6.71 Å². The van der Waals surface area contributed by atoms with Crippen LogP contribution in [-0.2, 0) is 16.2 Å². The monoisotopic (exact) mass is 670 g/mol. The Morgan fingerprint density at radius 2 is 1.34 bits per heavy atom.